The molecule has 0 spiro atoms. The second kappa shape index (κ2) is 8.63. The minimum Gasteiger partial charge on any atom is -0.396 e. The second-order valence-corrected chi connectivity index (χ2v) is 9.07. The molecule has 1 fully saturated rings. The van der Waals surface area contributed by atoms with Crippen molar-refractivity contribution in [2.75, 3.05) is 41.3 Å². The van der Waals surface area contributed by atoms with Crippen molar-refractivity contribution in [3.63, 3.8) is 0 Å². The summed E-state index contributed by atoms with van der Waals surface area (Å²) in [5, 5.41) is 16.6. The third kappa shape index (κ3) is 5.24. The molecule has 0 saturated carbocycles. The van der Waals surface area contributed by atoms with Crippen molar-refractivity contribution in [2.45, 2.75) is 12.3 Å². The van der Waals surface area contributed by atoms with Gasteiger partial charge in [-0.2, -0.15) is 4.98 Å². The molecule has 12 heteroatoms. The summed E-state index contributed by atoms with van der Waals surface area (Å²) in [6.45, 7) is 1.18. The van der Waals surface area contributed by atoms with Crippen molar-refractivity contribution in [1.29, 1.82) is 0 Å². The summed E-state index contributed by atoms with van der Waals surface area (Å²) in [6.07, 6.45) is 1.84. The highest BCUT2D eigenvalue weighted by Crippen LogP contribution is 2.39. The van der Waals surface area contributed by atoms with Crippen molar-refractivity contribution in [1.82, 2.24) is 15.2 Å². The fraction of sp³-hybridized carbons (Fsp3) is 0.467. The molecular weight excluding hydrogens is 460 g/mol. The monoisotopic (exact) mass is 480 g/mol. The molecule has 2 atom stereocenters. The van der Waals surface area contributed by atoms with Crippen LogP contribution in [0.1, 0.15) is 17.9 Å². The first kappa shape index (κ1) is 21.7. The van der Waals surface area contributed by atoms with E-state index in [4.69, 9.17) is 5.73 Å². The lowest BCUT2D eigenvalue weighted by Crippen LogP contribution is -2.41. The molecule has 150 valence electrons. The fourth-order valence-electron chi connectivity index (χ4n) is 3.35. The highest BCUT2D eigenvalue weighted by molar-refractivity contribution is 9.10. The van der Waals surface area contributed by atoms with Gasteiger partial charge >= 0.3 is 0 Å². The van der Waals surface area contributed by atoms with Gasteiger partial charge in [0.15, 0.2) is 0 Å². The number of hydrogen-bond acceptors (Lipinski definition) is 7. The minimum absolute atomic E-state index is 0. The van der Waals surface area contributed by atoms with Crippen LogP contribution in [0.25, 0.3) is 0 Å². The van der Waals surface area contributed by atoms with Crippen LogP contribution in [0.3, 0.4) is 0 Å². The number of aromatic nitrogens is 3. The van der Waals surface area contributed by atoms with Gasteiger partial charge in [-0.15, -0.1) is 17.5 Å². The minimum atomic E-state index is -3.40. The van der Waals surface area contributed by atoms with Crippen molar-refractivity contribution in [2.24, 2.45) is 5.92 Å². The van der Waals surface area contributed by atoms with Crippen LogP contribution >= 0.6 is 28.3 Å². The topological polar surface area (TPSA) is 137 Å². The molecule has 2 unspecified atom stereocenters. The predicted molar refractivity (Wildman–Crippen MR) is 111 cm³/mol. The zero-order valence-corrected chi connectivity index (χ0v) is 17.8. The van der Waals surface area contributed by atoms with Crippen molar-refractivity contribution in [3.8, 4) is 0 Å². The molecule has 1 aromatic heterocycles. The Morgan fingerprint density at radius 2 is 2.22 bits per heavy atom. The third-order valence-corrected chi connectivity index (χ3v) is 5.53. The first-order chi connectivity index (χ1) is 12.3. The van der Waals surface area contributed by atoms with Crippen molar-refractivity contribution in [3.05, 3.63) is 28.2 Å². The van der Waals surface area contributed by atoms with Gasteiger partial charge in [-0.3, -0.25) is 4.72 Å². The number of anilines is 3. The van der Waals surface area contributed by atoms with Gasteiger partial charge in [0.1, 0.15) is 0 Å². The maximum Gasteiger partial charge on any atom is 0.246 e. The molecule has 5 N–H and O–H groups in total. The predicted octanol–water partition coefficient (Wildman–Crippen LogP) is 1.55. The Labute approximate surface area is 172 Å². The molecule has 27 heavy (non-hydrogen) atoms. The van der Waals surface area contributed by atoms with E-state index < -0.39 is 10.0 Å². The highest BCUT2D eigenvalue weighted by atomic mass is 79.9. The van der Waals surface area contributed by atoms with Gasteiger partial charge in [-0.05, 0) is 36.1 Å². The van der Waals surface area contributed by atoms with Crippen LogP contribution in [0.4, 0.5) is 17.6 Å². The lowest BCUT2D eigenvalue weighted by molar-refractivity contribution is 0.189. The fourth-order valence-corrected chi connectivity index (χ4v) is 4.31. The Hall–Kier alpha value is -1.56. The molecule has 1 aromatic carbocycles. The van der Waals surface area contributed by atoms with E-state index in [1.165, 1.54) is 0 Å². The molecule has 0 aliphatic carbocycles. The van der Waals surface area contributed by atoms with E-state index >= 15 is 0 Å². The Balaban J connectivity index is 0.00000261. The molecule has 0 amide bonds. The number of benzene rings is 1. The number of nitrogens with one attached hydrogen (secondary N) is 2. The Bertz CT molecular complexity index is 893. The zero-order chi connectivity index (χ0) is 18.9. The Morgan fingerprint density at radius 3 is 2.81 bits per heavy atom. The summed E-state index contributed by atoms with van der Waals surface area (Å²) in [4.78, 5) is 6.10. The number of aromatic amines is 1. The lowest BCUT2D eigenvalue weighted by atomic mass is 9.80. The molecule has 1 aliphatic rings. The van der Waals surface area contributed by atoms with E-state index in [1.807, 2.05) is 11.0 Å². The van der Waals surface area contributed by atoms with E-state index in [-0.39, 0.29) is 36.8 Å². The first-order valence-electron chi connectivity index (χ1n) is 8.07. The second-order valence-electron chi connectivity index (χ2n) is 6.41. The number of aliphatic hydroxyl groups excluding tert-OH is 1. The van der Waals surface area contributed by atoms with Gasteiger partial charge in [-0.25, -0.2) is 13.5 Å². The SMILES string of the molecule is CS(=O)(=O)Nc1ccc(Br)cc1C1CCN(c2n[nH]c(N)n2)CC1CO.Cl. The number of piperidine rings is 1. The van der Waals surface area contributed by atoms with Crippen LogP contribution in [-0.4, -0.2) is 54.7 Å². The smallest absolute Gasteiger partial charge is 0.246 e. The van der Waals surface area contributed by atoms with E-state index in [1.54, 1.807) is 12.1 Å². The van der Waals surface area contributed by atoms with Gasteiger partial charge in [-0.1, -0.05) is 15.9 Å². The van der Waals surface area contributed by atoms with Crippen LogP contribution in [0.15, 0.2) is 22.7 Å². The summed E-state index contributed by atoms with van der Waals surface area (Å²) < 4.78 is 26.8. The van der Waals surface area contributed by atoms with Crippen LogP contribution in [0, 0.1) is 5.92 Å². The number of halogens is 2. The van der Waals surface area contributed by atoms with Crippen LogP contribution in [-0.2, 0) is 10.0 Å². The van der Waals surface area contributed by atoms with Gasteiger partial charge in [0.05, 0.1) is 11.9 Å². The van der Waals surface area contributed by atoms with Gasteiger partial charge in [0, 0.05) is 30.1 Å². The third-order valence-electron chi connectivity index (χ3n) is 4.45. The number of rotatable bonds is 5. The average molecular weight is 482 g/mol. The number of nitrogen functional groups attached to an aromatic ring is 1. The number of aliphatic hydroxyl groups is 1. The lowest BCUT2D eigenvalue weighted by Gasteiger charge is -2.38. The van der Waals surface area contributed by atoms with Crippen LogP contribution in [0.5, 0.6) is 0 Å². The highest BCUT2D eigenvalue weighted by Gasteiger charge is 2.33. The number of hydrogen-bond donors (Lipinski definition) is 4. The Morgan fingerprint density at radius 1 is 1.48 bits per heavy atom. The number of sulfonamides is 1. The van der Waals surface area contributed by atoms with E-state index in [0.717, 1.165) is 16.3 Å². The molecule has 0 bridgehead atoms. The van der Waals surface area contributed by atoms with Gasteiger partial charge in [0.2, 0.25) is 21.9 Å². The maximum atomic E-state index is 11.7. The van der Waals surface area contributed by atoms with E-state index in [0.29, 0.717) is 31.1 Å². The quantitative estimate of drug-likeness (QED) is 0.508. The standard InChI is InChI=1S/C15H21BrN6O3S.ClH/c1-26(24,25)21-13-3-2-10(16)6-12(13)11-4-5-22(7-9(11)8-23)15-18-14(17)19-20-15;/h2-3,6,9,11,21,23H,4-5,7-8H2,1H3,(H3,17,18,19,20);1H. The molecule has 1 saturated heterocycles. The molecule has 3 rings (SSSR count). The van der Waals surface area contributed by atoms with Crippen LogP contribution < -0.4 is 15.4 Å². The van der Waals surface area contributed by atoms with Gasteiger partial charge in [0.25, 0.3) is 0 Å². The molecule has 0 radical (unpaired) electrons. The largest absolute Gasteiger partial charge is 0.396 e. The van der Waals surface area contributed by atoms with E-state index in [9.17, 15) is 13.5 Å². The maximum absolute atomic E-state index is 11.7. The van der Waals surface area contributed by atoms with Gasteiger partial charge < -0.3 is 15.7 Å². The average Bonchev–Trinajstić information content (AvgIpc) is 3.01. The molecule has 2 heterocycles. The summed E-state index contributed by atoms with van der Waals surface area (Å²) in [6, 6.07) is 5.43. The Kier molecular flexibility index (Phi) is 6.95. The number of nitrogens with two attached hydrogens (primary N) is 1. The summed E-state index contributed by atoms with van der Waals surface area (Å²) >= 11 is 3.45. The zero-order valence-electron chi connectivity index (χ0n) is 14.6. The molecule has 1 aliphatic heterocycles. The van der Waals surface area contributed by atoms with E-state index in [2.05, 4.69) is 35.8 Å². The van der Waals surface area contributed by atoms with Crippen LogP contribution in [0.2, 0.25) is 0 Å². The first-order valence-corrected chi connectivity index (χ1v) is 10.8. The number of H-pyrrole nitrogens is 1. The normalized spacial score (nSPS) is 20.2. The molecule has 9 nitrogen and oxygen atoms in total. The molecular formula is C15H22BrClN6O3S. The number of nitrogens with zero attached hydrogens (tertiary/aromatic N) is 3. The summed E-state index contributed by atoms with van der Waals surface area (Å²) in [5.74, 6) is 0.643. The van der Waals surface area contributed by atoms with Crippen molar-refractivity contribution < 1.29 is 13.5 Å². The summed E-state index contributed by atoms with van der Waals surface area (Å²) in [7, 11) is -3.40. The summed E-state index contributed by atoms with van der Waals surface area (Å²) in [5.41, 5.74) is 6.99. The molecule has 2 aromatic rings. The van der Waals surface area contributed by atoms with Crippen molar-refractivity contribution >= 4 is 55.9 Å².